The van der Waals surface area contributed by atoms with Crippen molar-refractivity contribution in [3.63, 3.8) is 0 Å². The first-order valence-corrected chi connectivity index (χ1v) is 9.66. The van der Waals surface area contributed by atoms with Crippen LogP contribution in [0.25, 0.3) is 0 Å². The zero-order valence-electron chi connectivity index (χ0n) is 13.9. The molecule has 3 unspecified atom stereocenters. The predicted molar refractivity (Wildman–Crippen MR) is 92.8 cm³/mol. The summed E-state index contributed by atoms with van der Waals surface area (Å²) in [6.07, 6.45) is 8.42. The summed E-state index contributed by atoms with van der Waals surface area (Å²) in [6.45, 7) is 8.56. The minimum absolute atomic E-state index is 0.475. The molecule has 1 aromatic heterocycles. The van der Waals surface area contributed by atoms with Gasteiger partial charge in [0, 0.05) is 10.9 Å². The SMILES string of the molecule is CC(C)(C)C1CCC(CNC2CC2)C(Cc2cccs2)C1. The van der Waals surface area contributed by atoms with Crippen LogP contribution in [0.2, 0.25) is 0 Å². The molecule has 1 nitrogen and oxygen atoms in total. The van der Waals surface area contributed by atoms with E-state index in [0.717, 1.165) is 23.8 Å². The van der Waals surface area contributed by atoms with Gasteiger partial charge in [-0.2, -0.15) is 0 Å². The Bertz CT molecular complexity index is 427. The Labute approximate surface area is 134 Å². The molecule has 0 saturated heterocycles. The molecular formula is C19H31NS. The molecule has 2 saturated carbocycles. The third kappa shape index (κ3) is 4.32. The number of thiophene rings is 1. The minimum Gasteiger partial charge on any atom is -0.314 e. The van der Waals surface area contributed by atoms with Crippen molar-refractivity contribution in [2.24, 2.45) is 23.2 Å². The first-order chi connectivity index (χ1) is 10.0. The lowest BCUT2D eigenvalue weighted by molar-refractivity contribution is 0.0973. The number of nitrogens with one attached hydrogen (secondary N) is 1. The Morgan fingerprint density at radius 3 is 2.57 bits per heavy atom. The van der Waals surface area contributed by atoms with E-state index in [-0.39, 0.29) is 0 Å². The van der Waals surface area contributed by atoms with Gasteiger partial charge in [0.2, 0.25) is 0 Å². The highest BCUT2D eigenvalue weighted by molar-refractivity contribution is 7.09. The molecule has 3 rings (SSSR count). The molecule has 0 amide bonds. The van der Waals surface area contributed by atoms with Gasteiger partial charge in [-0.05, 0) is 79.7 Å². The quantitative estimate of drug-likeness (QED) is 0.796. The van der Waals surface area contributed by atoms with Gasteiger partial charge in [-0.3, -0.25) is 0 Å². The highest BCUT2D eigenvalue weighted by atomic mass is 32.1. The maximum atomic E-state index is 3.79. The van der Waals surface area contributed by atoms with Gasteiger partial charge in [0.25, 0.3) is 0 Å². The lowest BCUT2D eigenvalue weighted by atomic mass is 9.64. The number of hydrogen-bond donors (Lipinski definition) is 1. The Morgan fingerprint density at radius 1 is 1.14 bits per heavy atom. The van der Waals surface area contributed by atoms with Crippen LogP contribution in [0.4, 0.5) is 0 Å². The molecule has 0 aromatic carbocycles. The molecule has 2 aliphatic rings. The molecule has 0 aliphatic heterocycles. The van der Waals surface area contributed by atoms with Gasteiger partial charge in [-0.25, -0.2) is 0 Å². The van der Waals surface area contributed by atoms with E-state index in [4.69, 9.17) is 0 Å². The molecule has 21 heavy (non-hydrogen) atoms. The van der Waals surface area contributed by atoms with E-state index in [1.807, 2.05) is 11.3 Å². The van der Waals surface area contributed by atoms with Gasteiger partial charge in [0.15, 0.2) is 0 Å². The van der Waals surface area contributed by atoms with Crippen LogP contribution < -0.4 is 5.32 Å². The zero-order chi connectivity index (χ0) is 14.9. The average Bonchev–Trinajstić information content (AvgIpc) is 3.12. The topological polar surface area (TPSA) is 12.0 Å². The van der Waals surface area contributed by atoms with E-state index in [1.165, 1.54) is 45.1 Å². The largest absolute Gasteiger partial charge is 0.314 e. The predicted octanol–water partition coefficient (Wildman–Crippen LogP) is 5.12. The zero-order valence-corrected chi connectivity index (χ0v) is 14.7. The summed E-state index contributed by atoms with van der Waals surface area (Å²) in [4.78, 5) is 1.59. The Balaban J connectivity index is 1.63. The van der Waals surface area contributed by atoms with Crippen molar-refractivity contribution in [3.05, 3.63) is 22.4 Å². The summed E-state index contributed by atoms with van der Waals surface area (Å²) in [7, 11) is 0. The smallest absolute Gasteiger partial charge is 0.00683 e. The van der Waals surface area contributed by atoms with Crippen molar-refractivity contribution in [3.8, 4) is 0 Å². The van der Waals surface area contributed by atoms with E-state index in [0.29, 0.717) is 5.41 Å². The molecule has 0 radical (unpaired) electrons. The molecule has 2 heteroatoms. The summed E-state index contributed by atoms with van der Waals surface area (Å²) >= 11 is 1.94. The minimum atomic E-state index is 0.475. The van der Waals surface area contributed by atoms with Gasteiger partial charge in [0.05, 0.1) is 0 Å². The Morgan fingerprint density at radius 2 is 1.95 bits per heavy atom. The Hall–Kier alpha value is -0.340. The van der Waals surface area contributed by atoms with Crippen molar-refractivity contribution in [2.75, 3.05) is 6.54 Å². The van der Waals surface area contributed by atoms with Crippen molar-refractivity contribution < 1.29 is 0 Å². The van der Waals surface area contributed by atoms with E-state index >= 15 is 0 Å². The maximum Gasteiger partial charge on any atom is 0.00683 e. The fourth-order valence-electron chi connectivity index (χ4n) is 3.92. The normalized spacial score (nSPS) is 30.5. The van der Waals surface area contributed by atoms with Crippen LogP contribution in [0.5, 0.6) is 0 Å². The third-order valence-electron chi connectivity index (χ3n) is 5.65. The highest BCUT2D eigenvalue weighted by Crippen LogP contribution is 2.44. The van der Waals surface area contributed by atoms with Crippen LogP contribution >= 0.6 is 11.3 Å². The highest BCUT2D eigenvalue weighted by Gasteiger charge is 2.36. The van der Waals surface area contributed by atoms with Gasteiger partial charge in [0.1, 0.15) is 0 Å². The van der Waals surface area contributed by atoms with Crippen LogP contribution in [-0.2, 0) is 6.42 Å². The van der Waals surface area contributed by atoms with Crippen molar-refractivity contribution in [2.45, 2.75) is 65.3 Å². The maximum absolute atomic E-state index is 3.79. The first kappa shape index (κ1) is 15.6. The van der Waals surface area contributed by atoms with Crippen molar-refractivity contribution in [1.82, 2.24) is 5.32 Å². The summed E-state index contributed by atoms with van der Waals surface area (Å²) in [5.74, 6) is 2.68. The molecule has 1 N–H and O–H groups in total. The molecule has 1 aromatic rings. The molecule has 3 atom stereocenters. The van der Waals surface area contributed by atoms with Crippen molar-refractivity contribution >= 4 is 11.3 Å². The molecule has 0 bridgehead atoms. The van der Waals surface area contributed by atoms with Crippen LogP contribution in [0.1, 0.15) is 57.8 Å². The second-order valence-electron chi connectivity index (χ2n) is 8.36. The number of rotatable bonds is 5. The lowest BCUT2D eigenvalue weighted by Crippen LogP contribution is -2.38. The molecular weight excluding hydrogens is 274 g/mol. The third-order valence-corrected chi connectivity index (χ3v) is 6.55. The summed E-state index contributed by atoms with van der Waals surface area (Å²) in [6, 6.07) is 5.39. The first-order valence-electron chi connectivity index (χ1n) is 8.78. The fourth-order valence-corrected chi connectivity index (χ4v) is 4.72. The van der Waals surface area contributed by atoms with Gasteiger partial charge < -0.3 is 5.32 Å². The summed E-state index contributed by atoms with van der Waals surface area (Å²) in [5.41, 5.74) is 0.475. The lowest BCUT2D eigenvalue weighted by Gasteiger charge is -2.42. The van der Waals surface area contributed by atoms with E-state index in [1.54, 1.807) is 4.88 Å². The van der Waals surface area contributed by atoms with Gasteiger partial charge in [-0.15, -0.1) is 11.3 Å². The van der Waals surface area contributed by atoms with E-state index in [9.17, 15) is 0 Å². The van der Waals surface area contributed by atoms with Crippen LogP contribution in [0.15, 0.2) is 17.5 Å². The molecule has 118 valence electrons. The number of hydrogen-bond acceptors (Lipinski definition) is 2. The van der Waals surface area contributed by atoms with Crippen LogP contribution in [-0.4, -0.2) is 12.6 Å². The van der Waals surface area contributed by atoms with Gasteiger partial charge >= 0.3 is 0 Å². The molecule has 2 fully saturated rings. The second kappa shape index (κ2) is 6.42. The second-order valence-corrected chi connectivity index (χ2v) is 9.39. The fraction of sp³-hybridized carbons (Fsp3) is 0.789. The molecule has 0 spiro atoms. The monoisotopic (exact) mass is 305 g/mol. The summed E-state index contributed by atoms with van der Waals surface area (Å²) < 4.78 is 0. The Kier molecular flexibility index (Phi) is 4.75. The van der Waals surface area contributed by atoms with Crippen LogP contribution in [0, 0.1) is 23.2 Å². The standard InChI is InChI=1S/C19H31NS/c1-19(2,3)16-7-6-14(13-20-17-8-9-17)15(11-16)12-18-5-4-10-21-18/h4-5,10,14-17,20H,6-9,11-13H2,1-3H3. The van der Waals surface area contributed by atoms with E-state index in [2.05, 4.69) is 43.6 Å². The summed E-state index contributed by atoms with van der Waals surface area (Å²) in [5, 5.41) is 6.03. The van der Waals surface area contributed by atoms with Gasteiger partial charge in [-0.1, -0.05) is 26.8 Å². The van der Waals surface area contributed by atoms with E-state index < -0.39 is 0 Å². The van der Waals surface area contributed by atoms with Crippen molar-refractivity contribution in [1.29, 1.82) is 0 Å². The average molecular weight is 306 g/mol. The molecule has 2 aliphatic carbocycles. The molecule has 1 heterocycles. The van der Waals surface area contributed by atoms with Crippen LogP contribution in [0.3, 0.4) is 0 Å².